The molecule has 4 rings (SSSR count). The molecule has 0 bridgehead atoms. The standard InChI is InChI=1S/C19H15NO2S/c21-11-17-9-14-6-8-16(10-19(14)23-17)22-12-15-7-5-13-3-1-2-4-18(13)20-15/h1-10,21H,11-12H2. The molecule has 23 heavy (non-hydrogen) atoms. The summed E-state index contributed by atoms with van der Waals surface area (Å²) in [5, 5.41) is 11.5. The third-order valence-electron chi connectivity index (χ3n) is 3.74. The summed E-state index contributed by atoms with van der Waals surface area (Å²) in [7, 11) is 0. The number of aromatic nitrogens is 1. The second kappa shape index (κ2) is 5.99. The predicted molar refractivity (Wildman–Crippen MR) is 93.8 cm³/mol. The summed E-state index contributed by atoms with van der Waals surface area (Å²) in [5.41, 5.74) is 1.89. The van der Waals surface area contributed by atoms with Gasteiger partial charge in [-0.2, -0.15) is 0 Å². The molecule has 0 amide bonds. The maximum Gasteiger partial charge on any atom is 0.130 e. The van der Waals surface area contributed by atoms with Gasteiger partial charge >= 0.3 is 0 Å². The van der Waals surface area contributed by atoms with Crippen LogP contribution < -0.4 is 4.74 Å². The van der Waals surface area contributed by atoms with Crippen LogP contribution in [0.2, 0.25) is 0 Å². The zero-order valence-corrected chi connectivity index (χ0v) is 13.2. The first-order valence-corrected chi connectivity index (χ1v) is 8.24. The van der Waals surface area contributed by atoms with Gasteiger partial charge in [-0.1, -0.05) is 24.3 Å². The molecule has 0 unspecified atom stereocenters. The monoisotopic (exact) mass is 321 g/mol. The Hall–Kier alpha value is -2.43. The van der Waals surface area contributed by atoms with Gasteiger partial charge in [0.05, 0.1) is 17.8 Å². The van der Waals surface area contributed by atoms with E-state index in [1.54, 1.807) is 11.3 Å². The third-order valence-corrected chi connectivity index (χ3v) is 4.82. The molecule has 0 aliphatic carbocycles. The molecule has 2 aromatic heterocycles. The summed E-state index contributed by atoms with van der Waals surface area (Å²) in [5.74, 6) is 0.818. The van der Waals surface area contributed by atoms with Crippen LogP contribution >= 0.6 is 11.3 Å². The molecule has 0 aliphatic rings. The Bertz CT molecular complexity index is 977. The summed E-state index contributed by atoms with van der Waals surface area (Å²) in [6, 6.07) is 20.1. The number of benzene rings is 2. The number of hydrogen-bond acceptors (Lipinski definition) is 4. The van der Waals surface area contributed by atoms with Crippen LogP contribution in [-0.2, 0) is 13.2 Å². The van der Waals surface area contributed by atoms with Crippen LogP contribution in [-0.4, -0.2) is 10.1 Å². The fraction of sp³-hybridized carbons (Fsp3) is 0.105. The Morgan fingerprint density at radius 2 is 1.83 bits per heavy atom. The number of para-hydroxylation sites is 1. The third kappa shape index (κ3) is 2.91. The highest BCUT2D eigenvalue weighted by Crippen LogP contribution is 2.29. The Balaban J connectivity index is 1.55. The molecule has 1 N–H and O–H groups in total. The minimum Gasteiger partial charge on any atom is -0.487 e. The van der Waals surface area contributed by atoms with E-state index in [0.717, 1.165) is 37.3 Å². The van der Waals surface area contributed by atoms with Gasteiger partial charge in [-0.3, -0.25) is 0 Å². The van der Waals surface area contributed by atoms with Gasteiger partial charge in [-0.05, 0) is 41.8 Å². The molecule has 4 heteroatoms. The van der Waals surface area contributed by atoms with Gasteiger partial charge in [0.15, 0.2) is 0 Å². The van der Waals surface area contributed by atoms with E-state index in [1.165, 1.54) is 0 Å². The van der Waals surface area contributed by atoms with Gasteiger partial charge in [-0.15, -0.1) is 11.3 Å². The van der Waals surface area contributed by atoms with Gasteiger partial charge in [0.2, 0.25) is 0 Å². The lowest BCUT2D eigenvalue weighted by molar-refractivity contribution is 0.285. The minimum atomic E-state index is 0.0799. The van der Waals surface area contributed by atoms with Crippen molar-refractivity contribution in [3.8, 4) is 5.75 Å². The number of aliphatic hydroxyl groups is 1. The number of aliphatic hydroxyl groups excluding tert-OH is 1. The molecule has 0 atom stereocenters. The number of nitrogens with zero attached hydrogens (tertiary/aromatic N) is 1. The van der Waals surface area contributed by atoms with Crippen molar-refractivity contribution >= 4 is 32.3 Å². The van der Waals surface area contributed by atoms with E-state index in [9.17, 15) is 5.11 Å². The lowest BCUT2D eigenvalue weighted by atomic mass is 10.2. The van der Waals surface area contributed by atoms with Crippen LogP contribution in [0.1, 0.15) is 10.6 Å². The van der Waals surface area contributed by atoms with E-state index in [2.05, 4.69) is 17.1 Å². The zero-order chi connectivity index (χ0) is 15.6. The molecular formula is C19H15NO2S. The summed E-state index contributed by atoms with van der Waals surface area (Å²) >= 11 is 1.59. The number of hydrogen-bond donors (Lipinski definition) is 1. The summed E-state index contributed by atoms with van der Waals surface area (Å²) in [6.45, 7) is 0.519. The van der Waals surface area contributed by atoms with Crippen LogP contribution in [0.3, 0.4) is 0 Å². The van der Waals surface area contributed by atoms with Crippen LogP contribution in [0.25, 0.3) is 21.0 Å². The topological polar surface area (TPSA) is 42.4 Å². The molecule has 0 spiro atoms. The van der Waals surface area contributed by atoms with Crippen molar-refractivity contribution in [2.24, 2.45) is 0 Å². The van der Waals surface area contributed by atoms with E-state index in [-0.39, 0.29) is 6.61 Å². The largest absolute Gasteiger partial charge is 0.487 e. The second-order valence-electron chi connectivity index (χ2n) is 5.35. The Kier molecular flexibility index (Phi) is 3.69. The molecule has 3 nitrogen and oxygen atoms in total. The van der Waals surface area contributed by atoms with Crippen molar-refractivity contribution < 1.29 is 9.84 Å². The van der Waals surface area contributed by atoms with Crippen molar-refractivity contribution in [2.45, 2.75) is 13.2 Å². The Labute approximate surface area is 137 Å². The highest BCUT2D eigenvalue weighted by molar-refractivity contribution is 7.19. The smallest absolute Gasteiger partial charge is 0.130 e. The van der Waals surface area contributed by atoms with Gasteiger partial charge < -0.3 is 9.84 Å². The van der Waals surface area contributed by atoms with E-state index >= 15 is 0 Å². The lowest BCUT2D eigenvalue weighted by Gasteiger charge is -2.07. The number of fused-ring (bicyclic) bond motifs is 2. The van der Waals surface area contributed by atoms with Crippen molar-refractivity contribution in [1.29, 1.82) is 0 Å². The van der Waals surface area contributed by atoms with Crippen LogP contribution in [0.15, 0.2) is 60.7 Å². The van der Waals surface area contributed by atoms with Crippen molar-refractivity contribution in [3.63, 3.8) is 0 Å². The second-order valence-corrected chi connectivity index (χ2v) is 6.52. The molecule has 0 aliphatic heterocycles. The molecular weight excluding hydrogens is 306 g/mol. The van der Waals surface area contributed by atoms with E-state index in [0.29, 0.717) is 6.61 Å². The van der Waals surface area contributed by atoms with Crippen molar-refractivity contribution in [2.75, 3.05) is 0 Å². The Morgan fingerprint density at radius 3 is 2.74 bits per heavy atom. The van der Waals surface area contributed by atoms with E-state index in [1.807, 2.05) is 48.5 Å². The number of pyridine rings is 1. The molecule has 2 aromatic carbocycles. The Morgan fingerprint density at radius 1 is 0.957 bits per heavy atom. The predicted octanol–water partition coefficient (Wildman–Crippen LogP) is 4.52. The van der Waals surface area contributed by atoms with Crippen LogP contribution in [0.4, 0.5) is 0 Å². The SMILES string of the molecule is OCc1cc2ccc(OCc3ccc4ccccc4n3)cc2s1. The molecule has 4 aromatic rings. The average molecular weight is 321 g/mol. The normalized spacial score (nSPS) is 11.2. The lowest BCUT2D eigenvalue weighted by Crippen LogP contribution is -1.98. The summed E-state index contributed by atoms with van der Waals surface area (Å²) in [4.78, 5) is 5.58. The van der Waals surface area contributed by atoms with Gasteiger partial charge in [-0.25, -0.2) is 4.98 Å². The summed E-state index contributed by atoms with van der Waals surface area (Å²) in [6.07, 6.45) is 0. The highest BCUT2D eigenvalue weighted by Gasteiger charge is 2.04. The maximum atomic E-state index is 9.22. The highest BCUT2D eigenvalue weighted by atomic mass is 32.1. The zero-order valence-electron chi connectivity index (χ0n) is 12.4. The van der Waals surface area contributed by atoms with Gasteiger partial charge in [0.1, 0.15) is 12.4 Å². The van der Waals surface area contributed by atoms with Gasteiger partial charge in [0, 0.05) is 15.0 Å². The average Bonchev–Trinajstić information content (AvgIpc) is 3.02. The molecule has 0 radical (unpaired) electrons. The first kappa shape index (κ1) is 14.2. The molecule has 0 fully saturated rings. The summed E-state index contributed by atoms with van der Waals surface area (Å²) < 4.78 is 7.00. The van der Waals surface area contributed by atoms with Crippen LogP contribution in [0, 0.1) is 0 Å². The number of thiophene rings is 1. The minimum absolute atomic E-state index is 0.0799. The van der Waals surface area contributed by atoms with E-state index in [4.69, 9.17) is 4.74 Å². The number of rotatable bonds is 4. The number of ether oxygens (including phenoxy) is 1. The van der Waals surface area contributed by atoms with Crippen molar-refractivity contribution in [1.82, 2.24) is 4.98 Å². The fourth-order valence-corrected chi connectivity index (χ4v) is 3.53. The molecule has 2 heterocycles. The molecule has 0 saturated heterocycles. The van der Waals surface area contributed by atoms with Crippen molar-refractivity contribution in [3.05, 3.63) is 71.2 Å². The maximum absolute atomic E-state index is 9.22. The molecule has 114 valence electrons. The fourth-order valence-electron chi connectivity index (χ4n) is 2.58. The van der Waals surface area contributed by atoms with Crippen LogP contribution in [0.5, 0.6) is 5.75 Å². The first-order valence-electron chi connectivity index (χ1n) is 7.43. The molecule has 0 saturated carbocycles. The van der Waals surface area contributed by atoms with E-state index < -0.39 is 0 Å². The quantitative estimate of drug-likeness (QED) is 0.601. The first-order chi connectivity index (χ1) is 11.3. The van der Waals surface area contributed by atoms with Gasteiger partial charge in [0.25, 0.3) is 0 Å².